The molecule has 0 N–H and O–H groups in total. The first-order valence-corrected chi connectivity index (χ1v) is 3.13. The van der Waals surface area contributed by atoms with Crippen LogP contribution in [0.2, 0.25) is 0 Å². The summed E-state index contributed by atoms with van der Waals surface area (Å²) >= 11 is 0. The summed E-state index contributed by atoms with van der Waals surface area (Å²) in [6.45, 7) is 0. The number of hydrogen-bond acceptors (Lipinski definition) is 0. The molecule has 9 heavy (non-hydrogen) atoms. The quantitative estimate of drug-likeness (QED) is 0.513. The van der Waals surface area contributed by atoms with Crippen molar-refractivity contribution < 1.29 is 8.78 Å². The molecule has 1 saturated carbocycles. The van der Waals surface area contributed by atoms with E-state index in [0.29, 0.717) is 0 Å². The molecule has 0 aromatic carbocycles. The van der Waals surface area contributed by atoms with Gasteiger partial charge in [-0.3, -0.25) is 0 Å². The topological polar surface area (TPSA) is 0 Å². The van der Waals surface area contributed by atoms with Crippen molar-refractivity contribution in [3.05, 3.63) is 18.6 Å². The van der Waals surface area contributed by atoms with E-state index >= 15 is 0 Å². The van der Waals surface area contributed by atoms with Crippen LogP contribution in [0.15, 0.2) is 12.2 Å². The SMILES string of the molecule is FC(F)=CC1C[CH]CC1. The Balaban J connectivity index is 2.35. The summed E-state index contributed by atoms with van der Waals surface area (Å²) in [6.07, 6.45) is 4.31. The molecule has 1 rings (SSSR count). The molecule has 0 bridgehead atoms. The van der Waals surface area contributed by atoms with Gasteiger partial charge in [0, 0.05) is 0 Å². The van der Waals surface area contributed by atoms with Crippen molar-refractivity contribution in [2.45, 2.75) is 19.3 Å². The summed E-state index contributed by atoms with van der Waals surface area (Å²) in [5.41, 5.74) is 0. The van der Waals surface area contributed by atoms with Crippen molar-refractivity contribution in [1.82, 2.24) is 0 Å². The summed E-state index contributed by atoms with van der Waals surface area (Å²) in [4.78, 5) is 0. The van der Waals surface area contributed by atoms with Crippen LogP contribution < -0.4 is 0 Å². The van der Waals surface area contributed by atoms with Gasteiger partial charge in [0.15, 0.2) is 0 Å². The molecule has 0 spiro atoms. The lowest BCUT2D eigenvalue weighted by Gasteiger charge is -1.96. The van der Waals surface area contributed by atoms with E-state index in [1.54, 1.807) is 0 Å². The first-order valence-electron chi connectivity index (χ1n) is 3.13. The summed E-state index contributed by atoms with van der Waals surface area (Å²) in [5.74, 6) is 0.120. The summed E-state index contributed by atoms with van der Waals surface area (Å²) < 4.78 is 23.1. The smallest absolute Gasteiger partial charge is 0.174 e. The van der Waals surface area contributed by atoms with Gasteiger partial charge in [0.05, 0.1) is 0 Å². The zero-order valence-corrected chi connectivity index (χ0v) is 5.11. The molecule has 0 aliphatic heterocycles. The lowest BCUT2D eigenvalue weighted by Crippen LogP contribution is -1.85. The molecule has 51 valence electrons. The maximum Gasteiger partial charge on any atom is 0.266 e. The molecule has 0 nitrogen and oxygen atoms in total. The molecule has 1 aliphatic carbocycles. The third kappa shape index (κ3) is 2.12. The zero-order valence-electron chi connectivity index (χ0n) is 5.11. The van der Waals surface area contributed by atoms with Gasteiger partial charge in [-0.15, -0.1) is 0 Å². The zero-order chi connectivity index (χ0) is 6.69. The molecule has 0 amide bonds. The molecule has 0 heterocycles. The van der Waals surface area contributed by atoms with Crippen LogP contribution in [0.5, 0.6) is 0 Å². The van der Waals surface area contributed by atoms with E-state index < -0.39 is 6.08 Å². The lowest BCUT2D eigenvalue weighted by atomic mass is 10.1. The van der Waals surface area contributed by atoms with Gasteiger partial charge in [0.1, 0.15) is 0 Å². The highest BCUT2D eigenvalue weighted by atomic mass is 19.3. The van der Waals surface area contributed by atoms with Crippen LogP contribution in [0, 0.1) is 12.3 Å². The molecule has 1 unspecified atom stereocenters. The molecular weight excluding hydrogens is 122 g/mol. The third-order valence-electron chi connectivity index (χ3n) is 1.57. The minimum Gasteiger partial charge on any atom is -0.174 e. The lowest BCUT2D eigenvalue weighted by molar-refractivity contribution is 0.409. The van der Waals surface area contributed by atoms with E-state index in [1.165, 1.54) is 0 Å². The van der Waals surface area contributed by atoms with Gasteiger partial charge in [0.2, 0.25) is 0 Å². The largest absolute Gasteiger partial charge is 0.266 e. The number of rotatable bonds is 1. The van der Waals surface area contributed by atoms with Crippen molar-refractivity contribution in [3.63, 3.8) is 0 Å². The molecule has 1 atom stereocenters. The molecule has 0 aromatic heterocycles. The first-order chi connectivity index (χ1) is 4.29. The van der Waals surface area contributed by atoms with Crippen LogP contribution in [-0.2, 0) is 0 Å². The highest BCUT2D eigenvalue weighted by molar-refractivity contribution is 4.95. The Hall–Kier alpha value is -0.400. The van der Waals surface area contributed by atoms with E-state index in [4.69, 9.17) is 0 Å². The van der Waals surface area contributed by atoms with E-state index in [1.807, 2.05) is 0 Å². The van der Waals surface area contributed by atoms with Crippen LogP contribution in [-0.4, -0.2) is 0 Å². The second-order valence-corrected chi connectivity index (χ2v) is 2.32. The van der Waals surface area contributed by atoms with Gasteiger partial charge >= 0.3 is 0 Å². The van der Waals surface area contributed by atoms with Gasteiger partial charge < -0.3 is 0 Å². The highest BCUT2D eigenvalue weighted by Gasteiger charge is 2.13. The van der Waals surface area contributed by atoms with Crippen molar-refractivity contribution in [2.75, 3.05) is 0 Å². The maximum atomic E-state index is 11.5. The Kier molecular flexibility index (Phi) is 2.20. The van der Waals surface area contributed by atoms with E-state index in [2.05, 4.69) is 6.42 Å². The average molecular weight is 131 g/mol. The summed E-state index contributed by atoms with van der Waals surface area (Å²) in [7, 11) is 0. The van der Waals surface area contributed by atoms with Gasteiger partial charge in [-0.1, -0.05) is 0 Å². The van der Waals surface area contributed by atoms with Gasteiger partial charge in [-0.2, -0.15) is 8.78 Å². The Morgan fingerprint density at radius 1 is 1.56 bits per heavy atom. The summed E-state index contributed by atoms with van der Waals surface area (Å²) in [5, 5.41) is 0. The molecule has 1 fully saturated rings. The molecule has 0 saturated heterocycles. The van der Waals surface area contributed by atoms with Gasteiger partial charge in [-0.05, 0) is 37.7 Å². The second-order valence-electron chi connectivity index (χ2n) is 2.32. The van der Waals surface area contributed by atoms with E-state index in [0.717, 1.165) is 25.3 Å². The Labute approximate surface area is 53.6 Å². The van der Waals surface area contributed by atoms with Crippen molar-refractivity contribution in [3.8, 4) is 0 Å². The first kappa shape index (κ1) is 6.72. The van der Waals surface area contributed by atoms with Crippen molar-refractivity contribution in [1.29, 1.82) is 0 Å². The molecule has 1 aliphatic rings. The maximum absolute atomic E-state index is 11.5. The van der Waals surface area contributed by atoms with Crippen molar-refractivity contribution in [2.24, 2.45) is 5.92 Å². The van der Waals surface area contributed by atoms with Crippen LogP contribution in [0.4, 0.5) is 8.78 Å². The molecule has 1 radical (unpaired) electrons. The Morgan fingerprint density at radius 2 is 2.33 bits per heavy atom. The van der Waals surface area contributed by atoms with Crippen LogP contribution in [0.1, 0.15) is 19.3 Å². The predicted octanol–water partition coefficient (Wildman–Crippen LogP) is 2.77. The normalized spacial score (nSPS) is 20.2. The summed E-state index contributed by atoms with van der Waals surface area (Å²) in [6, 6.07) is 0. The van der Waals surface area contributed by atoms with Crippen LogP contribution in [0.25, 0.3) is 0 Å². The second kappa shape index (κ2) is 2.95. The Bertz CT molecular complexity index is 108. The van der Waals surface area contributed by atoms with Crippen molar-refractivity contribution >= 4 is 0 Å². The number of halogens is 2. The molecular formula is C7H9F2. The van der Waals surface area contributed by atoms with E-state index in [9.17, 15) is 8.78 Å². The number of allylic oxidation sites excluding steroid dienone is 1. The third-order valence-corrected chi connectivity index (χ3v) is 1.57. The fourth-order valence-electron chi connectivity index (χ4n) is 1.11. The molecule has 0 aromatic rings. The van der Waals surface area contributed by atoms with Gasteiger partial charge in [0.25, 0.3) is 6.08 Å². The fourth-order valence-corrected chi connectivity index (χ4v) is 1.11. The molecule has 2 heteroatoms. The Morgan fingerprint density at radius 3 is 2.78 bits per heavy atom. The van der Waals surface area contributed by atoms with Crippen LogP contribution >= 0.6 is 0 Å². The van der Waals surface area contributed by atoms with Gasteiger partial charge in [-0.25, -0.2) is 0 Å². The minimum atomic E-state index is -1.53. The number of hydrogen-bond donors (Lipinski definition) is 0. The monoisotopic (exact) mass is 131 g/mol. The standard InChI is InChI=1S/C7H9F2/c8-7(9)5-6-3-1-2-4-6/h1,5-6H,2-4H2. The fraction of sp³-hybridized carbons (Fsp3) is 0.571. The highest BCUT2D eigenvalue weighted by Crippen LogP contribution is 2.26. The predicted molar refractivity (Wildman–Crippen MR) is 31.9 cm³/mol. The minimum absolute atomic E-state index is 0.120. The average Bonchev–Trinajstić information content (AvgIpc) is 2.15. The van der Waals surface area contributed by atoms with Crippen LogP contribution in [0.3, 0.4) is 0 Å². The van der Waals surface area contributed by atoms with E-state index in [-0.39, 0.29) is 5.92 Å².